The Morgan fingerprint density at radius 3 is 2.32 bits per heavy atom. The summed E-state index contributed by atoms with van der Waals surface area (Å²) >= 11 is 0. The number of carbonyl (C=O) groups excluding carboxylic acids is 2. The van der Waals surface area contributed by atoms with Crippen LogP contribution in [-0.2, 0) is 26.2 Å². The van der Waals surface area contributed by atoms with Crippen LogP contribution in [0.15, 0.2) is 12.1 Å². The zero-order valence-corrected chi connectivity index (χ0v) is 18.3. The minimum absolute atomic E-state index is 0.0157. The molecule has 154 valence electrons. The zero-order valence-electron chi connectivity index (χ0n) is 18.3. The summed E-state index contributed by atoms with van der Waals surface area (Å²) in [7, 11) is 0. The van der Waals surface area contributed by atoms with Crippen LogP contribution in [0.3, 0.4) is 0 Å². The third-order valence-electron chi connectivity index (χ3n) is 7.16. The Balaban J connectivity index is 2.07. The van der Waals surface area contributed by atoms with Gasteiger partial charge < -0.3 is 9.47 Å². The molecule has 2 aliphatic rings. The number of aryl methyl sites for hydroxylation is 1. The Labute approximate surface area is 169 Å². The number of carbonyl (C=O) groups is 2. The van der Waals surface area contributed by atoms with Crippen molar-refractivity contribution in [1.82, 2.24) is 0 Å². The molecule has 28 heavy (non-hydrogen) atoms. The van der Waals surface area contributed by atoms with E-state index in [9.17, 15) is 9.59 Å². The fourth-order valence-electron chi connectivity index (χ4n) is 5.82. The van der Waals surface area contributed by atoms with Crippen molar-refractivity contribution in [3.8, 4) is 5.75 Å². The van der Waals surface area contributed by atoms with Gasteiger partial charge in [-0.25, -0.2) is 0 Å². The van der Waals surface area contributed by atoms with Gasteiger partial charge in [-0.05, 0) is 65.7 Å². The highest BCUT2D eigenvalue weighted by atomic mass is 16.5. The van der Waals surface area contributed by atoms with E-state index in [0.29, 0.717) is 17.6 Å². The fraction of sp³-hybridized carbons (Fsp3) is 0.667. The quantitative estimate of drug-likeness (QED) is 0.522. The van der Waals surface area contributed by atoms with E-state index in [0.717, 1.165) is 31.2 Å². The molecule has 0 bridgehead atoms. The lowest BCUT2D eigenvalue weighted by atomic mass is 9.49. The van der Waals surface area contributed by atoms with Gasteiger partial charge in [0.2, 0.25) is 0 Å². The van der Waals surface area contributed by atoms with Crippen molar-refractivity contribution in [1.29, 1.82) is 0 Å². The van der Waals surface area contributed by atoms with Crippen molar-refractivity contribution in [2.45, 2.75) is 91.6 Å². The first kappa shape index (κ1) is 20.9. The van der Waals surface area contributed by atoms with Gasteiger partial charge in [0, 0.05) is 19.3 Å². The van der Waals surface area contributed by atoms with E-state index >= 15 is 0 Å². The lowest BCUT2D eigenvalue weighted by molar-refractivity contribution is -0.163. The summed E-state index contributed by atoms with van der Waals surface area (Å²) < 4.78 is 11.3. The third-order valence-corrected chi connectivity index (χ3v) is 7.16. The lowest BCUT2D eigenvalue weighted by Gasteiger charge is -2.56. The fourth-order valence-corrected chi connectivity index (χ4v) is 5.82. The summed E-state index contributed by atoms with van der Waals surface area (Å²) in [5.74, 6) is 0.917. The van der Waals surface area contributed by atoms with Crippen LogP contribution in [0.4, 0.5) is 0 Å². The van der Waals surface area contributed by atoms with E-state index in [1.807, 2.05) is 0 Å². The van der Waals surface area contributed by atoms with Crippen LogP contribution in [0.2, 0.25) is 0 Å². The number of esters is 2. The van der Waals surface area contributed by atoms with Crippen molar-refractivity contribution >= 4 is 11.9 Å². The van der Waals surface area contributed by atoms with Crippen molar-refractivity contribution < 1.29 is 19.1 Å². The molecule has 4 heteroatoms. The predicted molar refractivity (Wildman–Crippen MR) is 110 cm³/mol. The van der Waals surface area contributed by atoms with Crippen molar-refractivity contribution in [3.63, 3.8) is 0 Å². The molecule has 0 aliphatic heterocycles. The molecule has 3 unspecified atom stereocenters. The molecule has 3 rings (SSSR count). The first-order valence-corrected chi connectivity index (χ1v) is 10.5. The smallest absolute Gasteiger partial charge is 0.308 e. The van der Waals surface area contributed by atoms with Crippen molar-refractivity contribution in [3.05, 3.63) is 28.8 Å². The Hall–Kier alpha value is -1.84. The summed E-state index contributed by atoms with van der Waals surface area (Å²) in [6.45, 7) is 14.0. The second-order valence-electron chi connectivity index (χ2n) is 9.76. The Morgan fingerprint density at radius 1 is 1.07 bits per heavy atom. The molecular formula is C24H34O4. The molecular weight excluding hydrogens is 352 g/mol. The van der Waals surface area contributed by atoms with Gasteiger partial charge in [-0.3, -0.25) is 9.59 Å². The summed E-state index contributed by atoms with van der Waals surface area (Å²) in [6, 6.07) is 4.38. The third kappa shape index (κ3) is 3.46. The van der Waals surface area contributed by atoms with E-state index in [2.05, 4.69) is 46.8 Å². The second-order valence-corrected chi connectivity index (χ2v) is 9.76. The number of hydrogen-bond donors (Lipinski definition) is 0. The summed E-state index contributed by atoms with van der Waals surface area (Å²) in [6.07, 6.45) is 3.86. The Bertz CT molecular complexity index is 792. The monoisotopic (exact) mass is 386 g/mol. The first-order chi connectivity index (χ1) is 13.0. The van der Waals surface area contributed by atoms with Crippen LogP contribution in [0.25, 0.3) is 0 Å². The molecule has 0 radical (unpaired) electrons. The summed E-state index contributed by atoms with van der Waals surface area (Å²) in [5.41, 5.74) is 3.66. The number of benzene rings is 1. The van der Waals surface area contributed by atoms with E-state index in [1.54, 1.807) is 0 Å². The lowest BCUT2D eigenvalue weighted by Crippen LogP contribution is -2.54. The molecule has 1 aromatic carbocycles. The van der Waals surface area contributed by atoms with E-state index < -0.39 is 0 Å². The van der Waals surface area contributed by atoms with Crippen molar-refractivity contribution in [2.75, 3.05) is 0 Å². The van der Waals surface area contributed by atoms with Crippen LogP contribution >= 0.6 is 0 Å². The minimum atomic E-state index is -0.279. The highest BCUT2D eigenvalue weighted by Gasteiger charge is 2.55. The highest BCUT2D eigenvalue weighted by Crippen LogP contribution is 2.58. The molecule has 0 spiro atoms. The van der Waals surface area contributed by atoms with Gasteiger partial charge in [0.25, 0.3) is 0 Å². The molecule has 1 saturated carbocycles. The SMILES string of the molecule is CC(=O)Oc1cc2c(cc1C(C)C)CCC1C2(C)CCC(OC(C)=O)C1(C)C. The average molecular weight is 387 g/mol. The van der Waals surface area contributed by atoms with Gasteiger partial charge in [0.05, 0.1) is 0 Å². The molecule has 4 nitrogen and oxygen atoms in total. The molecule has 0 heterocycles. The number of rotatable bonds is 3. The Morgan fingerprint density at radius 2 is 1.75 bits per heavy atom. The van der Waals surface area contributed by atoms with Gasteiger partial charge in [0.1, 0.15) is 11.9 Å². The molecule has 1 fully saturated rings. The maximum atomic E-state index is 11.7. The van der Waals surface area contributed by atoms with E-state index in [-0.39, 0.29) is 28.9 Å². The number of ether oxygens (including phenoxy) is 2. The molecule has 0 aromatic heterocycles. The van der Waals surface area contributed by atoms with Gasteiger partial charge in [-0.2, -0.15) is 0 Å². The largest absolute Gasteiger partial charge is 0.462 e. The summed E-state index contributed by atoms with van der Waals surface area (Å²) in [5, 5.41) is 0. The molecule has 2 aliphatic carbocycles. The predicted octanol–water partition coefficient (Wildman–Crippen LogP) is 5.31. The van der Waals surface area contributed by atoms with Crippen LogP contribution in [0.5, 0.6) is 5.75 Å². The average Bonchev–Trinajstić information content (AvgIpc) is 2.56. The maximum absolute atomic E-state index is 11.7. The topological polar surface area (TPSA) is 52.6 Å². The molecule has 3 atom stereocenters. The second kappa shape index (κ2) is 7.20. The van der Waals surface area contributed by atoms with Gasteiger partial charge in [-0.1, -0.05) is 40.7 Å². The van der Waals surface area contributed by atoms with E-state index in [4.69, 9.17) is 9.47 Å². The molecule has 0 saturated heterocycles. The molecule has 1 aromatic rings. The zero-order chi connectivity index (χ0) is 20.9. The maximum Gasteiger partial charge on any atom is 0.308 e. The summed E-state index contributed by atoms with van der Waals surface area (Å²) in [4.78, 5) is 23.3. The number of fused-ring (bicyclic) bond motifs is 3. The standard InChI is InChI=1S/C24H34O4/c1-14(2)18-12-17-8-9-21-23(5,6)22(28-16(4)26)10-11-24(21,7)19(17)13-20(18)27-15(3)25/h12-14,21-22H,8-11H2,1-7H3. The normalized spacial score (nSPS) is 28.3. The molecule has 0 amide bonds. The number of hydrogen-bond acceptors (Lipinski definition) is 4. The van der Waals surface area contributed by atoms with Crippen LogP contribution in [0, 0.1) is 11.3 Å². The van der Waals surface area contributed by atoms with Gasteiger partial charge in [-0.15, -0.1) is 0 Å². The van der Waals surface area contributed by atoms with Gasteiger partial charge in [0.15, 0.2) is 0 Å². The molecule has 0 N–H and O–H groups in total. The minimum Gasteiger partial charge on any atom is -0.462 e. The van der Waals surface area contributed by atoms with Crippen LogP contribution in [-0.4, -0.2) is 18.0 Å². The Kier molecular flexibility index (Phi) is 5.37. The van der Waals surface area contributed by atoms with E-state index in [1.165, 1.54) is 25.0 Å². The van der Waals surface area contributed by atoms with Crippen LogP contribution in [0.1, 0.15) is 90.3 Å². The van der Waals surface area contributed by atoms with Crippen molar-refractivity contribution in [2.24, 2.45) is 11.3 Å². The van der Waals surface area contributed by atoms with Crippen LogP contribution < -0.4 is 4.74 Å². The highest BCUT2D eigenvalue weighted by molar-refractivity contribution is 5.70. The van der Waals surface area contributed by atoms with Gasteiger partial charge >= 0.3 is 11.9 Å². The first-order valence-electron chi connectivity index (χ1n) is 10.5.